The minimum Gasteiger partial charge on any atom is -0.466 e. The highest BCUT2D eigenvalue weighted by Crippen LogP contribution is 2.27. The maximum atomic E-state index is 11.3. The summed E-state index contributed by atoms with van der Waals surface area (Å²) in [6.45, 7) is 1.92. The summed E-state index contributed by atoms with van der Waals surface area (Å²) in [6, 6.07) is 4.27. The monoisotopic (exact) mass is 312 g/mol. The number of nitro groups is 1. The lowest BCUT2D eigenvalue weighted by molar-refractivity contribution is -0.385. The first-order valence-corrected chi connectivity index (χ1v) is 5.81. The highest BCUT2D eigenvalue weighted by atomic mass is 79.9. The van der Waals surface area contributed by atoms with Crippen molar-refractivity contribution in [3.05, 3.63) is 37.8 Å². The number of esters is 1. The molecule has 18 heavy (non-hydrogen) atoms. The average molecular weight is 313 g/mol. The largest absolute Gasteiger partial charge is 0.466 e. The van der Waals surface area contributed by atoms with Crippen molar-refractivity contribution in [1.82, 2.24) is 0 Å². The molecule has 6 nitrogen and oxygen atoms in total. The van der Waals surface area contributed by atoms with Gasteiger partial charge in [-0.2, -0.15) is 5.26 Å². The van der Waals surface area contributed by atoms with Gasteiger partial charge in [0.15, 0.2) is 0 Å². The van der Waals surface area contributed by atoms with E-state index >= 15 is 0 Å². The maximum Gasteiger partial charge on any atom is 0.310 e. The molecule has 0 bridgehead atoms. The van der Waals surface area contributed by atoms with Crippen molar-refractivity contribution < 1.29 is 14.5 Å². The van der Waals surface area contributed by atoms with E-state index in [1.165, 1.54) is 12.1 Å². The first-order valence-electron chi connectivity index (χ1n) is 5.02. The van der Waals surface area contributed by atoms with E-state index < -0.39 is 10.9 Å². The molecule has 0 saturated carbocycles. The summed E-state index contributed by atoms with van der Waals surface area (Å²) in [4.78, 5) is 21.4. The summed E-state index contributed by atoms with van der Waals surface area (Å²) in [5.74, 6) is -0.475. The molecule has 0 aliphatic rings. The highest BCUT2D eigenvalue weighted by molar-refractivity contribution is 9.10. The van der Waals surface area contributed by atoms with Gasteiger partial charge in [0.05, 0.1) is 18.0 Å². The van der Waals surface area contributed by atoms with Crippen LogP contribution in [0.2, 0.25) is 0 Å². The summed E-state index contributed by atoms with van der Waals surface area (Å²) >= 11 is 3.17. The van der Waals surface area contributed by atoms with Crippen LogP contribution in [0.1, 0.15) is 18.1 Å². The molecule has 0 amide bonds. The Kier molecular flexibility index (Phi) is 4.80. The molecule has 0 atom stereocenters. The van der Waals surface area contributed by atoms with Crippen LogP contribution in [0.25, 0.3) is 0 Å². The van der Waals surface area contributed by atoms with Gasteiger partial charge in [-0.05, 0) is 18.6 Å². The molecule has 0 N–H and O–H groups in total. The SMILES string of the molecule is CCOC(=O)Cc1cc([N+](=O)[O-])c(C#N)cc1Br. The number of nitro benzene ring substituents is 1. The fraction of sp³-hybridized carbons (Fsp3) is 0.273. The third-order valence-corrected chi connectivity index (χ3v) is 2.86. The second-order valence-corrected chi connectivity index (χ2v) is 4.17. The van der Waals surface area contributed by atoms with Crippen LogP contribution in [0, 0.1) is 21.4 Å². The van der Waals surface area contributed by atoms with Crippen LogP contribution in [-0.2, 0) is 16.0 Å². The Morgan fingerprint density at radius 3 is 2.78 bits per heavy atom. The number of carbonyl (C=O) groups is 1. The molecule has 0 aliphatic heterocycles. The smallest absolute Gasteiger partial charge is 0.310 e. The van der Waals surface area contributed by atoms with Gasteiger partial charge in [-0.1, -0.05) is 15.9 Å². The van der Waals surface area contributed by atoms with Crippen LogP contribution in [0.4, 0.5) is 5.69 Å². The van der Waals surface area contributed by atoms with Crippen molar-refractivity contribution in [2.45, 2.75) is 13.3 Å². The molecular weight excluding hydrogens is 304 g/mol. The minimum absolute atomic E-state index is 0.0560. The topological polar surface area (TPSA) is 93.2 Å². The number of benzene rings is 1. The van der Waals surface area contributed by atoms with Crippen molar-refractivity contribution in [3.63, 3.8) is 0 Å². The second-order valence-electron chi connectivity index (χ2n) is 3.31. The number of hydrogen-bond acceptors (Lipinski definition) is 5. The van der Waals surface area contributed by atoms with E-state index in [1.54, 1.807) is 13.0 Å². The molecule has 0 heterocycles. The second kappa shape index (κ2) is 6.12. The zero-order valence-electron chi connectivity index (χ0n) is 9.47. The van der Waals surface area contributed by atoms with E-state index in [1.807, 2.05) is 0 Å². The fourth-order valence-corrected chi connectivity index (χ4v) is 1.83. The van der Waals surface area contributed by atoms with E-state index in [9.17, 15) is 14.9 Å². The third kappa shape index (κ3) is 3.28. The standard InChI is InChI=1S/C11H9BrN2O4/c1-2-18-11(15)5-7-4-10(14(16)17)8(6-13)3-9(7)12/h3-4H,2,5H2,1H3. The van der Waals surface area contributed by atoms with Gasteiger partial charge in [0.1, 0.15) is 11.6 Å². The van der Waals surface area contributed by atoms with E-state index in [-0.39, 0.29) is 24.3 Å². The Labute approximate surface area is 111 Å². The lowest BCUT2D eigenvalue weighted by atomic mass is 10.1. The number of rotatable bonds is 4. The molecule has 0 spiro atoms. The van der Waals surface area contributed by atoms with Gasteiger partial charge >= 0.3 is 5.97 Å². The molecule has 1 rings (SSSR count). The van der Waals surface area contributed by atoms with Gasteiger partial charge in [-0.3, -0.25) is 14.9 Å². The molecule has 0 aliphatic carbocycles. The van der Waals surface area contributed by atoms with Crippen molar-refractivity contribution >= 4 is 27.6 Å². The molecule has 0 fully saturated rings. The lowest BCUT2D eigenvalue weighted by Crippen LogP contribution is -2.08. The molecule has 94 valence electrons. The molecule has 0 radical (unpaired) electrons. The third-order valence-electron chi connectivity index (χ3n) is 2.12. The summed E-state index contributed by atoms with van der Waals surface area (Å²) < 4.78 is 5.23. The Balaban J connectivity index is 3.14. The number of carbonyl (C=O) groups excluding carboxylic acids is 1. The van der Waals surface area contributed by atoms with Crippen molar-refractivity contribution in [2.24, 2.45) is 0 Å². The van der Waals surface area contributed by atoms with E-state index in [0.717, 1.165) is 0 Å². The Morgan fingerprint density at radius 2 is 2.28 bits per heavy atom. The van der Waals surface area contributed by atoms with Gasteiger partial charge in [-0.15, -0.1) is 0 Å². The van der Waals surface area contributed by atoms with Crippen LogP contribution in [0.5, 0.6) is 0 Å². The molecule has 0 unspecified atom stereocenters. The first-order chi connectivity index (χ1) is 8.49. The summed E-state index contributed by atoms with van der Waals surface area (Å²) in [5, 5.41) is 19.6. The van der Waals surface area contributed by atoms with Crippen LogP contribution in [-0.4, -0.2) is 17.5 Å². The molecule has 0 aromatic heterocycles. The number of nitriles is 1. The predicted octanol–water partition coefficient (Wildman–Crippen LogP) is 2.33. The van der Waals surface area contributed by atoms with Crippen molar-refractivity contribution in [2.75, 3.05) is 6.61 Å². The molecule has 0 saturated heterocycles. The zero-order chi connectivity index (χ0) is 13.7. The number of nitrogens with zero attached hydrogens (tertiary/aromatic N) is 2. The Morgan fingerprint density at radius 1 is 1.61 bits per heavy atom. The fourth-order valence-electron chi connectivity index (χ4n) is 1.35. The summed E-state index contributed by atoms with van der Waals surface area (Å²) in [5.41, 5.74) is 0.0404. The molecule has 7 heteroatoms. The number of ether oxygens (including phenoxy) is 1. The zero-order valence-corrected chi connectivity index (χ0v) is 11.1. The highest BCUT2D eigenvalue weighted by Gasteiger charge is 2.18. The van der Waals surface area contributed by atoms with Crippen LogP contribution in [0.15, 0.2) is 16.6 Å². The van der Waals surface area contributed by atoms with Gasteiger partial charge in [-0.25, -0.2) is 0 Å². The first kappa shape index (κ1) is 14.1. The molecule has 1 aromatic rings. The predicted molar refractivity (Wildman–Crippen MR) is 65.8 cm³/mol. The number of halogens is 1. The van der Waals surface area contributed by atoms with E-state index in [4.69, 9.17) is 10.00 Å². The van der Waals surface area contributed by atoms with Gasteiger partial charge < -0.3 is 4.74 Å². The number of hydrogen-bond donors (Lipinski definition) is 0. The normalized spacial score (nSPS) is 9.61. The van der Waals surface area contributed by atoms with E-state index in [2.05, 4.69) is 15.9 Å². The van der Waals surface area contributed by atoms with E-state index in [0.29, 0.717) is 10.0 Å². The minimum atomic E-state index is -0.653. The van der Waals surface area contributed by atoms with Crippen molar-refractivity contribution in [3.8, 4) is 6.07 Å². The van der Waals surface area contributed by atoms with Crippen molar-refractivity contribution in [1.29, 1.82) is 5.26 Å². The average Bonchev–Trinajstić information content (AvgIpc) is 2.31. The lowest BCUT2D eigenvalue weighted by Gasteiger charge is -2.05. The van der Waals surface area contributed by atoms with Crippen LogP contribution >= 0.6 is 15.9 Å². The van der Waals surface area contributed by atoms with Gasteiger partial charge in [0.25, 0.3) is 5.69 Å². The summed E-state index contributed by atoms with van der Waals surface area (Å²) in [6.07, 6.45) is -0.0824. The summed E-state index contributed by atoms with van der Waals surface area (Å²) in [7, 11) is 0. The Hall–Kier alpha value is -1.94. The van der Waals surface area contributed by atoms with Gasteiger partial charge in [0, 0.05) is 10.5 Å². The Bertz CT molecular complexity index is 537. The van der Waals surface area contributed by atoms with Gasteiger partial charge in [0.2, 0.25) is 0 Å². The quantitative estimate of drug-likeness (QED) is 0.483. The molecular formula is C11H9BrN2O4. The van der Waals surface area contributed by atoms with Crippen LogP contribution in [0.3, 0.4) is 0 Å². The molecule has 1 aromatic carbocycles. The van der Waals surface area contributed by atoms with Crippen LogP contribution < -0.4 is 0 Å². The maximum absolute atomic E-state index is 11.3.